The number of rotatable bonds is 3. The van der Waals surface area contributed by atoms with E-state index in [1.807, 2.05) is 0 Å². The Hall–Kier alpha value is -3.69. The van der Waals surface area contributed by atoms with Crippen LogP contribution >= 0.6 is 0 Å². The fraction of sp³-hybridized carbons (Fsp3) is 0.0588. The zero-order valence-electron chi connectivity index (χ0n) is 13.4. The van der Waals surface area contributed by atoms with E-state index in [1.165, 1.54) is 12.1 Å². The fourth-order valence-corrected chi connectivity index (χ4v) is 2.46. The van der Waals surface area contributed by atoms with Crippen LogP contribution in [0.15, 0.2) is 57.8 Å². The molecule has 0 fully saturated rings. The molecule has 2 aromatic carbocycles. The molecule has 0 saturated heterocycles. The third-order valence-corrected chi connectivity index (χ3v) is 3.71. The van der Waals surface area contributed by atoms with Crippen molar-refractivity contribution in [2.75, 3.05) is 5.32 Å². The van der Waals surface area contributed by atoms with Crippen molar-refractivity contribution in [2.24, 2.45) is 0 Å². The zero-order chi connectivity index (χ0) is 19.0. The van der Waals surface area contributed by atoms with E-state index in [0.717, 1.165) is 12.1 Å². The summed E-state index contributed by atoms with van der Waals surface area (Å²) in [7, 11) is 0. The van der Waals surface area contributed by atoms with Crippen LogP contribution in [0.5, 0.6) is 0 Å². The maximum Gasteiger partial charge on any atom is 0.439 e. The van der Waals surface area contributed by atoms with Gasteiger partial charge in [-0.2, -0.15) is 13.2 Å². The van der Waals surface area contributed by atoms with Crippen molar-refractivity contribution < 1.29 is 17.7 Å². The van der Waals surface area contributed by atoms with E-state index in [4.69, 9.17) is 0 Å². The van der Waals surface area contributed by atoms with Crippen LogP contribution in [0.3, 0.4) is 0 Å². The van der Waals surface area contributed by atoms with Crippen LogP contribution in [-0.4, -0.2) is 20.1 Å². The van der Waals surface area contributed by atoms with E-state index in [0.29, 0.717) is 16.7 Å². The van der Waals surface area contributed by atoms with Crippen LogP contribution in [-0.2, 0) is 6.18 Å². The standard InChI is InChI=1S/C17H10F3N5O2/c18-17(19,20)9-5-7-10(8-6-9)21-14-13(15-24-16(26)27-25-15)22-11-3-1-2-4-12(11)23-14/h1-8H,(H,21,23)(H,24,25,26). The molecule has 10 heteroatoms. The Morgan fingerprint density at radius 1 is 0.963 bits per heavy atom. The van der Waals surface area contributed by atoms with E-state index in [2.05, 4.69) is 29.9 Å². The summed E-state index contributed by atoms with van der Waals surface area (Å²) in [6, 6.07) is 11.5. The maximum atomic E-state index is 12.7. The fourth-order valence-electron chi connectivity index (χ4n) is 2.46. The molecule has 27 heavy (non-hydrogen) atoms. The molecule has 0 aliphatic carbocycles. The number of H-pyrrole nitrogens is 1. The first-order valence-electron chi connectivity index (χ1n) is 7.67. The van der Waals surface area contributed by atoms with Crippen LogP contribution in [0.25, 0.3) is 22.6 Å². The van der Waals surface area contributed by atoms with Gasteiger partial charge in [-0.1, -0.05) is 17.3 Å². The highest BCUT2D eigenvalue weighted by molar-refractivity contribution is 5.82. The number of nitrogens with one attached hydrogen (secondary N) is 2. The summed E-state index contributed by atoms with van der Waals surface area (Å²) in [5.74, 6) is -0.508. The number of aromatic amines is 1. The minimum absolute atomic E-state index is 0.0488. The smallest absolute Gasteiger partial charge is 0.338 e. The molecule has 2 heterocycles. The minimum atomic E-state index is -4.42. The first-order valence-corrected chi connectivity index (χ1v) is 7.67. The third-order valence-electron chi connectivity index (χ3n) is 3.71. The number of benzene rings is 2. The molecule has 0 unspecified atom stereocenters. The predicted molar refractivity (Wildman–Crippen MR) is 90.4 cm³/mol. The van der Waals surface area contributed by atoms with Crippen LogP contribution in [0.2, 0.25) is 0 Å². The summed E-state index contributed by atoms with van der Waals surface area (Å²) in [6.45, 7) is 0. The molecule has 0 saturated carbocycles. The molecule has 2 N–H and O–H groups in total. The summed E-state index contributed by atoms with van der Waals surface area (Å²) in [5.41, 5.74) is 0.897. The second kappa shape index (κ2) is 6.24. The number of hydrogen-bond acceptors (Lipinski definition) is 6. The number of nitrogens with zero attached hydrogens (tertiary/aromatic N) is 3. The Morgan fingerprint density at radius 2 is 1.63 bits per heavy atom. The van der Waals surface area contributed by atoms with Crippen molar-refractivity contribution in [3.63, 3.8) is 0 Å². The molecule has 0 spiro atoms. The van der Waals surface area contributed by atoms with Gasteiger partial charge < -0.3 is 5.32 Å². The topological polar surface area (TPSA) is 96.7 Å². The van der Waals surface area contributed by atoms with Crippen molar-refractivity contribution in [1.82, 2.24) is 20.1 Å². The molecular formula is C17H10F3N5O2. The van der Waals surface area contributed by atoms with Crippen LogP contribution in [0.1, 0.15) is 5.56 Å². The van der Waals surface area contributed by atoms with Crippen molar-refractivity contribution in [3.05, 3.63) is 64.6 Å². The van der Waals surface area contributed by atoms with Crippen LogP contribution < -0.4 is 11.1 Å². The maximum absolute atomic E-state index is 12.7. The van der Waals surface area contributed by atoms with Crippen molar-refractivity contribution >= 4 is 22.5 Å². The number of aromatic nitrogens is 4. The summed E-state index contributed by atoms with van der Waals surface area (Å²) in [5, 5.41) is 6.51. The molecule has 0 aliphatic rings. The average Bonchev–Trinajstić information content (AvgIpc) is 3.07. The molecule has 4 aromatic rings. The second-order valence-corrected chi connectivity index (χ2v) is 5.55. The van der Waals surface area contributed by atoms with Gasteiger partial charge in [0.1, 0.15) is 0 Å². The van der Waals surface area contributed by atoms with Gasteiger partial charge in [0.2, 0.25) is 5.82 Å². The summed E-state index contributed by atoms with van der Waals surface area (Å²) >= 11 is 0. The lowest BCUT2D eigenvalue weighted by Gasteiger charge is -2.11. The van der Waals surface area contributed by atoms with Gasteiger partial charge in [-0.25, -0.2) is 14.8 Å². The van der Waals surface area contributed by atoms with E-state index < -0.39 is 17.5 Å². The summed E-state index contributed by atoms with van der Waals surface area (Å²) in [6.07, 6.45) is -4.42. The number of halogens is 3. The molecule has 136 valence electrons. The number of alkyl halides is 3. The van der Waals surface area contributed by atoms with E-state index in [1.54, 1.807) is 24.3 Å². The zero-order valence-corrected chi connectivity index (χ0v) is 13.4. The lowest BCUT2D eigenvalue weighted by Crippen LogP contribution is -2.05. The monoisotopic (exact) mass is 373 g/mol. The van der Waals surface area contributed by atoms with Crippen molar-refractivity contribution in [3.8, 4) is 11.5 Å². The van der Waals surface area contributed by atoms with Gasteiger partial charge in [-0.15, -0.1) is 0 Å². The van der Waals surface area contributed by atoms with Gasteiger partial charge in [0, 0.05) is 5.69 Å². The second-order valence-electron chi connectivity index (χ2n) is 5.55. The highest BCUT2D eigenvalue weighted by Crippen LogP contribution is 2.31. The first kappa shape index (κ1) is 16.8. The molecule has 0 aliphatic heterocycles. The van der Waals surface area contributed by atoms with Gasteiger partial charge in [-0.3, -0.25) is 9.51 Å². The first-order chi connectivity index (χ1) is 12.9. The van der Waals surface area contributed by atoms with E-state index >= 15 is 0 Å². The largest absolute Gasteiger partial charge is 0.439 e. The number of anilines is 2. The van der Waals surface area contributed by atoms with Crippen molar-refractivity contribution in [2.45, 2.75) is 6.18 Å². The number of hydrogen-bond donors (Lipinski definition) is 2. The summed E-state index contributed by atoms with van der Waals surface area (Å²) in [4.78, 5) is 22.5. The Morgan fingerprint density at radius 3 is 2.22 bits per heavy atom. The highest BCUT2D eigenvalue weighted by Gasteiger charge is 2.30. The van der Waals surface area contributed by atoms with Crippen LogP contribution in [0.4, 0.5) is 24.7 Å². The quantitative estimate of drug-likeness (QED) is 0.568. The highest BCUT2D eigenvalue weighted by atomic mass is 19.4. The lowest BCUT2D eigenvalue weighted by atomic mass is 10.2. The van der Waals surface area contributed by atoms with Gasteiger partial charge in [0.05, 0.1) is 16.6 Å². The summed E-state index contributed by atoms with van der Waals surface area (Å²) < 4.78 is 42.6. The average molecular weight is 373 g/mol. The normalized spacial score (nSPS) is 11.7. The lowest BCUT2D eigenvalue weighted by molar-refractivity contribution is -0.137. The van der Waals surface area contributed by atoms with Crippen molar-refractivity contribution in [1.29, 1.82) is 0 Å². The number of para-hydroxylation sites is 2. The Balaban J connectivity index is 1.79. The Bertz CT molecular complexity index is 1170. The predicted octanol–water partition coefficient (Wildman–Crippen LogP) is 3.74. The molecule has 0 atom stereocenters. The van der Waals surface area contributed by atoms with Gasteiger partial charge in [0.25, 0.3) is 0 Å². The van der Waals surface area contributed by atoms with Gasteiger partial charge in [-0.05, 0) is 36.4 Å². The molecule has 0 amide bonds. The molecule has 0 radical (unpaired) electrons. The van der Waals surface area contributed by atoms with E-state index in [-0.39, 0.29) is 17.3 Å². The Labute approximate surface area is 148 Å². The molecule has 0 bridgehead atoms. The molecular weight excluding hydrogens is 363 g/mol. The van der Waals surface area contributed by atoms with E-state index in [9.17, 15) is 18.0 Å². The molecule has 2 aromatic heterocycles. The van der Waals surface area contributed by atoms with Gasteiger partial charge in [0.15, 0.2) is 11.5 Å². The third kappa shape index (κ3) is 3.36. The van der Waals surface area contributed by atoms with Gasteiger partial charge >= 0.3 is 11.9 Å². The van der Waals surface area contributed by atoms with Crippen LogP contribution in [0, 0.1) is 0 Å². The Kier molecular flexibility index (Phi) is 3.87. The molecule has 4 rings (SSSR count). The minimum Gasteiger partial charge on any atom is -0.338 e. The SMILES string of the molecule is O=c1[nH]c(-c2nc3ccccc3nc2Nc2ccc(C(F)(F)F)cc2)no1. The number of fused-ring (bicyclic) bond motifs is 1. The molecule has 7 nitrogen and oxygen atoms in total.